The minimum Gasteiger partial charge on any atom is -0.371 e. The first kappa shape index (κ1) is 12.3. The lowest BCUT2D eigenvalue weighted by molar-refractivity contribution is 0.292. The lowest BCUT2D eigenvalue weighted by Crippen LogP contribution is -1.91. The molecule has 0 aliphatic rings. The SMILES string of the molecule is CO[CH]c1nc(-c2c(C)cc(C)cc2C)cs1. The zero-order valence-electron chi connectivity index (χ0n) is 10.6. The standard InChI is InChI=1S/C14H16NOS/c1-9-5-10(2)14(11(3)6-9)12-8-17-13(15-12)7-16-4/h5-8H,1-4H3. The number of methoxy groups -OCH3 is 1. The van der Waals surface area contributed by atoms with Crippen LogP contribution >= 0.6 is 11.3 Å². The van der Waals surface area contributed by atoms with Crippen LogP contribution in [0.5, 0.6) is 0 Å². The lowest BCUT2D eigenvalue weighted by Gasteiger charge is -2.08. The summed E-state index contributed by atoms with van der Waals surface area (Å²) in [6, 6.07) is 4.39. The van der Waals surface area contributed by atoms with Gasteiger partial charge < -0.3 is 4.74 Å². The van der Waals surface area contributed by atoms with Crippen LogP contribution in [-0.4, -0.2) is 12.1 Å². The van der Waals surface area contributed by atoms with Crippen LogP contribution in [0.4, 0.5) is 0 Å². The minimum atomic E-state index is 0.905. The predicted molar refractivity (Wildman–Crippen MR) is 72.2 cm³/mol. The van der Waals surface area contributed by atoms with Crippen molar-refractivity contribution in [3.63, 3.8) is 0 Å². The summed E-state index contributed by atoms with van der Waals surface area (Å²) in [7, 11) is 1.64. The van der Waals surface area contributed by atoms with Crippen LogP contribution in [0.1, 0.15) is 21.7 Å². The molecule has 0 fully saturated rings. The monoisotopic (exact) mass is 246 g/mol. The fourth-order valence-electron chi connectivity index (χ4n) is 2.14. The number of benzene rings is 1. The third-order valence-corrected chi connectivity index (χ3v) is 3.44. The number of rotatable bonds is 3. The van der Waals surface area contributed by atoms with Crippen LogP contribution < -0.4 is 0 Å². The van der Waals surface area contributed by atoms with Crippen molar-refractivity contribution < 1.29 is 4.74 Å². The molecule has 0 amide bonds. The molecule has 1 aromatic carbocycles. The second-order valence-electron chi connectivity index (χ2n) is 4.20. The van der Waals surface area contributed by atoms with Gasteiger partial charge in [-0.25, -0.2) is 4.98 Å². The second-order valence-corrected chi connectivity index (χ2v) is 5.09. The predicted octanol–water partition coefficient (Wildman–Crippen LogP) is 3.89. The van der Waals surface area contributed by atoms with E-state index >= 15 is 0 Å². The number of aromatic nitrogens is 1. The van der Waals surface area contributed by atoms with Crippen molar-refractivity contribution in [1.82, 2.24) is 4.98 Å². The van der Waals surface area contributed by atoms with Crippen LogP contribution in [-0.2, 0) is 4.74 Å². The lowest BCUT2D eigenvalue weighted by atomic mass is 9.98. The maximum absolute atomic E-state index is 4.98. The second kappa shape index (κ2) is 4.98. The Kier molecular flexibility index (Phi) is 3.60. The number of thiazole rings is 1. The van der Waals surface area contributed by atoms with E-state index in [-0.39, 0.29) is 0 Å². The first-order valence-electron chi connectivity index (χ1n) is 5.51. The van der Waals surface area contributed by atoms with Crippen LogP contribution in [0.25, 0.3) is 11.3 Å². The van der Waals surface area contributed by atoms with Crippen molar-refractivity contribution in [2.75, 3.05) is 7.11 Å². The van der Waals surface area contributed by atoms with Gasteiger partial charge in [0.05, 0.1) is 5.69 Å². The Labute approximate surface area is 106 Å². The average Bonchev–Trinajstić information content (AvgIpc) is 2.65. The molecule has 0 N–H and O–H groups in total. The van der Waals surface area contributed by atoms with Gasteiger partial charge in [0.1, 0.15) is 11.6 Å². The minimum absolute atomic E-state index is 0.905. The molecule has 1 radical (unpaired) electrons. The summed E-state index contributed by atoms with van der Waals surface area (Å²) in [5.74, 6) is 0. The Morgan fingerprint density at radius 3 is 2.41 bits per heavy atom. The van der Waals surface area contributed by atoms with Crippen LogP contribution in [0.15, 0.2) is 17.5 Å². The van der Waals surface area contributed by atoms with E-state index in [0.29, 0.717) is 0 Å². The zero-order valence-corrected chi connectivity index (χ0v) is 11.4. The Balaban J connectivity index is 2.45. The van der Waals surface area contributed by atoms with Crippen molar-refractivity contribution in [3.05, 3.63) is 45.8 Å². The van der Waals surface area contributed by atoms with Gasteiger partial charge in [0, 0.05) is 18.1 Å². The van der Waals surface area contributed by atoms with E-state index < -0.39 is 0 Å². The van der Waals surface area contributed by atoms with Crippen molar-refractivity contribution in [1.29, 1.82) is 0 Å². The highest BCUT2D eigenvalue weighted by Crippen LogP contribution is 2.29. The summed E-state index contributed by atoms with van der Waals surface area (Å²) >= 11 is 1.60. The van der Waals surface area contributed by atoms with Gasteiger partial charge in [-0.3, -0.25) is 0 Å². The number of nitrogens with zero attached hydrogens (tertiary/aromatic N) is 1. The number of aryl methyl sites for hydroxylation is 3. The molecule has 0 bridgehead atoms. The molecule has 0 aliphatic heterocycles. The molecular weight excluding hydrogens is 230 g/mol. The van der Waals surface area contributed by atoms with Gasteiger partial charge in [-0.05, 0) is 31.9 Å². The molecule has 2 nitrogen and oxygen atoms in total. The quantitative estimate of drug-likeness (QED) is 0.819. The van der Waals surface area contributed by atoms with E-state index in [0.717, 1.165) is 10.7 Å². The molecule has 89 valence electrons. The smallest absolute Gasteiger partial charge is 0.141 e. The highest BCUT2D eigenvalue weighted by atomic mass is 32.1. The van der Waals surface area contributed by atoms with Crippen LogP contribution in [0.3, 0.4) is 0 Å². The highest BCUT2D eigenvalue weighted by Gasteiger charge is 2.10. The molecule has 0 saturated heterocycles. The molecule has 2 aromatic rings. The molecule has 3 heteroatoms. The van der Waals surface area contributed by atoms with E-state index in [1.807, 2.05) is 0 Å². The van der Waals surface area contributed by atoms with E-state index in [9.17, 15) is 0 Å². The van der Waals surface area contributed by atoms with Gasteiger partial charge in [0.2, 0.25) is 0 Å². The van der Waals surface area contributed by atoms with Gasteiger partial charge in [0.15, 0.2) is 0 Å². The van der Waals surface area contributed by atoms with E-state index in [2.05, 4.69) is 43.3 Å². The summed E-state index contributed by atoms with van der Waals surface area (Å²) in [6.07, 6.45) is 0. The first-order valence-corrected chi connectivity index (χ1v) is 6.39. The summed E-state index contributed by atoms with van der Waals surface area (Å²) in [4.78, 5) is 4.56. The Morgan fingerprint density at radius 2 is 1.82 bits per heavy atom. The Morgan fingerprint density at radius 1 is 1.18 bits per heavy atom. The maximum Gasteiger partial charge on any atom is 0.141 e. The molecule has 1 heterocycles. The number of hydrogen-bond donors (Lipinski definition) is 0. The molecule has 0 aliphatic carbocycles. The average molecular weight is 246 g/mol. The van der Waals surface area contributed by atoms with Gasteiger partial charge in [-0.2, -0.15) is 0 Å². The van der Waals surface area contributed by atoms with Crippen molar-refractivity contribution in [3.8, 4) is 11.3 Å². The van der Waals surface area contributed by atoms with Gasteiger partial charge in [-0.1, -0.05) is 17.7 Å². The summed E-state index contributed by atoms with van der Waals surface area (Å²) in [5.41, 5.74) is 6.12. The maximum atomic E-state index is 4.98. The van der Waals surface area contributed by atoms with Gasteiger partial charge >= 0.3 is 0 Å². The fraction of sp³-hybridized carbons (Fsp3) is 0.286. The summed E-state index contributed by atoms with van der Waals surface area (Å²) in [6.45, 7) is 8.06. The molecule has 0 spiro atoms. The molecule has 1 aromatic heterocycles. The zero-order chi connectivity index (χ0) is 12.4. The summed E-state index contributed by atoms with van der Waals surface area (Å²) < 4.78 is 4.98. The fourth-order valence-corrected chi connectivity index (χ4v) is 2.85. The van der Waals surface area contributed by atoms with Gasteiger partial charge in [-0.15, -0.1) is 11.3 Å². The number of ether oxygens (including phenoxy) is 1. The molecule has 0 unspecified atom stereocenters. The molecular formula is C14H16NOS. The van der Waals surface area contributed by atoms with Crippen LogP contribution in [0, 0.1) is 27.4 Å². The summed E-state index contributed by atoms with van der Waals surface area (Å²) in [5, 5.41) is 2.98. The first-order chi connectivity index (χ1) is 8.11. The largest absolute Gasteiger partial charge is 0.371 e. The van der Waals surface area contributed by atoms with E-state index in [4.69, 9.17) is 4.74 Å². The Bertz CT molecular complexity index is 508. The topological polar surface area (TPSA) is 22.1 Å². The third-order valence-electron chi connectivity index (χ3n) is 2.67. The van der Waals surface area contributed by atoms with Crippen molar-refractivity contribution in [2.24, 2.45) is 0 Å². The number of hydrogen-bond acceptors (Lipinski definition) is 3. The van der Waals surface area contributed by atoms with E-state index in [1.54, 1.807) is 25.1 Å². The third kappa shape index (κ3) is 2.56. The van der Waals surface area contributed by atoms with Gasteiger partial charge in [0.25, 0.3) is 0 Å². The Hall–Kier alpha value is -1.19. The van der Waals surface area contributed by atoms with Crippen LogP contribution in [0.2, 0.25) is 0 Å². The molecule has 17 heavy (non-hydrogen) atoms. The van der Waals surface area contributed by atoms with Crippen molar-refractivity contribution >= 4 is 11.3 Å². The normalized spacial score (nSPS) is 10.8. The molecule has 0 saturated carbocycles. The van der Waals surface area contributed by atoms with E-state index in [1.165, 1.54) is 22.3 Å². The highest BCUT2D eigenvalue weighted by molar-refractivity contribution is 7.10. The van der Waals surface area contributed by atoms with Crippen molar-refractivity contribution in [2.45, 2.75) is 20.8 Å². The molecule has 0 atom stereocenters. The molecule has 2 rings (SSSR count).